The van der Waals surface area contributed by atoms with Crippen molar-refractivity contribution in [1.29, 1.82) is 0 Å². The topological polar surface area (TPSA) is 62.3 Å². The molecule has 1 N–H and O–H groups in total. The van der Waals surface area contributed by atoms with Crippen molar-refractivity contribution < 1.29 is 14.0 Å². The van der Waals surface area contributed by atoms with Gasteiger partial charge >= 0.3 is 11.8 Å². The van der Waals surface area contributed by atoms with Gasteiger partial charge in [0.1, 0.15) is 5.82 Å². The third-order valence-corrected chi connectivity index (χ3v) is 4.20. The maximum Gasteiger partial charge on any atom is 0.313 e. The second-order valence-electron chi connectivity index (χ2n) is 5.86. The summed E-state index contributed by atoms with van der Waals surface area (Å²) in [5.41, 5.74) is 2.74. The molecule has 0 saturated heterocycles. The van der Waals surface area contributed by atoms with Gasteiger partial charge in [0.05, 0.1) is 11.9 Å². The van der Waals surface area contributed by atoms with Crippen LogP contribution < -0.4 is 5.32 Å². The predicted octanol–water partition coefficient (Wildman–Crippen LogP) is 2.78. The Morgan fingerprint density at radius 3 is 2.72 bits per heavy atom. The molecule has 0 unspecified atom stereocenters. The lowest BCUT2D eigenvalue weighted by atomic mass is 9.99. The van der Waals surface area contributed by atoms with Crippen LogP contribution in [-0.4, -0.2) is 34.8 Å². The number of halogens is 1. The summed E-state index contributed by atoms with van der Waals surface area (Å²) in [4.78, 5) is 29.9. The Kier molecular flexibility index (Phi) is 4.88. The van der Waals surface area contributed by atoms with E-state index in [1.165, 1.54) is 17.2 Å². The Balaban J connectivity index is 1.66. The van der Waals surface area contributed by atoms with E-state index >= 15 is 0 Å². The number of nitrogens with zero attached hydrogens (tertiary/aromatic N) is 2. The van der Waals surface area contributed by atoms with Crippen LogP contribution in [0.25, 0.3) is 5.57 Å². The Morgan fingerprint density at radius 1 is 1.24 bits per heavy atom. The average molecular weight is 339 g/mol. The number of rotatable bonds is 2. The zero-order valence-electron chi connectivity index (χ0n) is 13.8. The lowest BCUT2D eigenvalue weighted by Crippen LogP contribution is -2.42. The van der Waals surface area contributed by atoms with E-state index in [-0.39, 0.29) is 12.4 Å². The number of pyridine rings is 1. The lowest BCUT2D eigenvalue weighted by Gasteiger charge is -2.26. The van der Waals surface area contributed by atoms with Crippen molar-refractivity contribution in [2.75, 3.05) is 18.4 Å². The normalized spacial score (nSPS) is 14.0. The number of nitrogens with one attached hydrogen (secondary N) is 1. The van der Waals surface area contributed by atoms with E-state index < -0.39 is 11.8 Å². The van der Waals surface area contributed by atoms with Gasteiger partial charge in [0.25, 0.3) is 0 Å². The molecular weight excluding hydrogens is 321 g/mol. The fraction of sp³-hybridized carbons (Fsp3) is 0.211. The van der Waals surface area contributed by atoms with Crippen LogP contribution >= 0.6 is 0 Å². The number of amides is 2. The molecule has 0 saturated carbocycles. The van der Waals surface area contributed by atoms with Gasteiger partial charge in [-0.05, 0) is 36.6 Å². The number of anilines is 1. The minimum atomic E-state index is -0.696. The van der Waals surface area contributed by atoms with E-state index in [4.69, 9.17) is 0 Å². The lowest BCUT2D eigenvalue weighted by molar-refractivity contribution is -0.142. The van der Waals surface area contributed by atoms with Crippen molar-refractivity contribution in [2.45, 2.75) is 13.3 Å². The number of hydrogen-bond acceptors (Lipinski definition) is 3. The molecule has 1 aliphatic rings. The summed E-state index contributed by atoms with van der Waals surface area (Å²) >= 11 is 0. The van der Waals surface area contributed by atoms with Gasteiger partial charge in [0.2, 0.25) is 0 Å². The monoisotopic (exact) mass is 339 g/mol. The summed E-state index contributed by atoms with van der Waals surface area (Å²) in [6, 6.07) is 8.31. The smallest absolute Gasteiger partial charge is 0.313 e. The number of carbonyl (C=O) groups is 2. The van der Waals surface area contributed by atoms with Crippen LogP contribution in [0.5, 0.6) is 0 Å². The molecule has 0 spiro atoms. The highest BCUT2D eigenvalue weighted by Gasteiger charge is 2.24. The van der Waals surface area contributed by atoms with Gasteiger partial charge in [-0.25, -0.2) is 4.39 Å². The van der Waals surface area contributed by atoms with Crippen molar-refractivity contribution in [3.63, 3.8) is 0 Å². The molecule has 0 aliphatic carbocycles. The Labute approximate surface area is 145 Å². The quantitative estimate of drug-likeness (QED) is 0.856. The molecule has 0 radical (unpaired) electrons. The molecule has 3 rings (SSSR count). The van der Waals surface area contributed by atoms with E-state index in [1.54, 1.807) is 36.5 Å². The van der Waals surface area contributed by atoms with E-state index in [0.29, 0.717) is 24.2 Å². The number of aromatic nitrogens is 1. The van der Waals surface area contributed by atoms with Crippen molar-refractivity contribution in [3.05, 3.63) is 65.7 Å². The van der Waals surface area contributed by atoms with Gasteiger partial charge in [-0.2, -0.15) is 0 Å². The standard InChI is InChI=1S/C19H18FN3O2/c1-13-6-9-21-12-17(13)22-18(24)19(25)23-10-7-14(8-11-23)15-4-2-3-5-16(15)20/h2-7,9,12H,8,10-11H2,1H3,(H,22,24). The first-order valence-electron chi connectivity index (χ1n) is 8.01. The van der Waals surface area contributed by atoms with Crippen LogP contribution in [0.1, 0.15) is 17.5 Å². The molecule has 25 heavy (non-hydrogen) atoms. The maximum absolute atomic E-state index is 13.8. The number of aryl methyl sites for hydroxylation is 1. The summed E-state index contributed by atoms with van der Waals surface area (Å²) < 4.78 is 13.8. The summed E-state index contributed by atoms with van der Waals surface area (Å²) in [6.07, 6.45) is 5.42. The second kappa shape index (κ2) is 7.25. The molecule has 1 aromatic carbocycles. The first kappa shape index (κ1) is 16.8. The highest BCUT2D eigenvalue weighted by Crippen LogP contribution is 2.24. The average Bonchev–Trinajstić information content (AvgIpc) is 2.63. The third kappa shape index (κ3) is 3.74. The van der Waals surface area contributed by atoms with E-state index in [9.17, 15) is 14.0 Å². The number of benzene rings is 1. The molecule has 6 heteroatoms. The molecule has 2 amide bonds. The Hall–Kier alpha value is -3.02. The number of carbonyl (C=O) groups excluding carboxylic acids is 2. The Bertz CT molecular complexity index is 848. The molecule has 0 bridgehead atoms. The zero-order valence-corrected chi connectivity index (χ0v) is 13.8. The molecule has 2 aromatic rings. The van der Waals surface area contributed by atoms with Crippen molar-refractivity contribution in [1.82, 2.24) is 9.88 Å². The zero-order chi connectivity index (χ0) is 17.8. The molecule has 1 aromatic heterocycles. The number of hydrogen-bond donors (Lipinski definition) is 1. The highest BCUT2D eigenvalue weighted by atomic mass is 19.1. The van der Waals surface area contributed by atoms with Gasteiger partial charge in [-0.15, -0.1) is 0 Å². The molecule has 5 nitrogen and oxygen atoms in total. The molecule has 0 atom stereocenters. The Morgan fingerprint density at radius 2 is 2.04 bits per heavy atom. The van der Waals surface area contributed by atoms with Crippen molar-refractivity contribution in [2.24, 2.45) is 0 Å². The summed E-state index contributed by atoms with van der Waals surface area (Å²) in [7, 11) is 0. The first-order valence-corrected chi connectivity index (χ1v) is 8.01. The van der Waals surface area contributed by atoms with Crippen LogP contribution in [0.3, 0.4) is 0 Å². The van der Waals surface area contributed by atoms with Crippen LogP contribution in [-0.2, 0) is 9.59 Å². The fourth-order valence-corrected chi connectivity index (χ4v) is 2.73. The summed E-state index contributed by atoms with van der Waals surface area (Å²) in [6.45, 7) is 2.48. The minimum absolute atomic E-state index is 0.279. The van der Waals surface area contributed by atoms with Crippen LogP contribution in [0, 0.1) is 12.7 Å². The highest BCUT2D eigenvalue weighted by molar-refractivity contribution is 6.39. The summed E-state index contributed by atoms with van der Waals surface area (Å²) in [5.74, 6) is -1.58. The molecule has 1 aliphatic heterocycles. The van der Waals surface area contributed by atoms with Crippen molar-refractivity contribution >= 4 is 23.1 Å². The molecule has 2 heterocycles. The van der Waals surface area contributed by atoms with E-state index in [2.05, 4.69) is 10.3 Å². The largest absolute Gasteiger partial charge is 0.330 e. The van der Waals surface area contributed by atoms with Gasteiger partial charge in [-0.3, -0.25) is 14.6 Å². The second-order valence-corrected chi connectivity index (χ2v) is 5.86. The molecule has 128 valence electrons. The van der Waals surface area contributed by atoms with Gasteiger partial charge in [0, 0.05) is 24.8 Å². The predicted molar refractivity (Wildman–Crippen MR) is 93.2 cm³/mol. The van der Waals surface area contributed by atoms with Crippen LogP contribution in [0.4, 0.5) is 10.1 Å². The van der Waals surface area contributed by atoms with Gasteiger partial charge in [0.15, 0.2) is 0 Å². The third-order valence-electron chi connectivity index (χ3n) is 4.20. The first-order chi connectivity index (χ1) is 12.1. The molecule has 0 fully saturated rings. The summed E-state index contributed by atoms with van der Waals surface area (Å²) in [5, 5.41) is 2.59. The fourth-order valence-electron chi connectivity index (χ4n) is 2.73. The van der Waals surface area contributed by atoms with E-state index in [1.807, 2.05) is 6.92 Å². The van der Waals surface area contributed by atoms with Crippen LogP contribution in [0.2, 0.25) is 0 Å². The van der Waals surface area contributed by atoms with Crippen molar-refractivity contribution in [3.8, 4) is 0 Å². The SMILES string of the molecule is Cc1ccncc1NC(=O)C(=O)N1CC=C(c2ccccc2F)CC1. The maximum atomic E-state index is 13.8. The molecular formula is C19H18FN3O2. The van der Waals surface area contributed by atoms with Crippen LogP contribution in [0.15, 0.2) is 48.8 Å². The minimum Gasteiger partial charge on any atom is -0.330 e. The van der Waals surface area contributed by atoms with E-state index in [0.717, 1.165) is 11.1 Å². The van der Waals surface area contributed by atoms with Gasteiger partial charge in [-0.1, -0.05) is 24.3 Å². The van der Waals surface area contributed by atoms with Gasteiger partial charge < -0.3 is 10.2 Å².